The van der Waals surface area contributed by atoms with E-state index in [1.165, 1.54) is 0 Å². The summed E-state index contributed by atoms with van der Waals surface area (Å²) >= 11 is 0. The first kappa shape index (κ1) is 28.9. The Bertz CT molecular complexity index is 1300. The summed E-state index contributed by atoms with van der Waals surface area (Å²) in [6, 6.07) is 2.09. The van der Waals surface area contributed by atoms with E-state index < -0.39 is 23.1 Å². The number of halogens is 2. The van der Waals surface area contributed by atoms with Crippen molar-refractivity contribution in [3.63, 3.8) is 0 Å². The van der Waals surface area contributed by atoms with Gasteiger partial charge >= 0.3 is 0 Å². The van der Waals surface area contributed by atoms with Gasteiger partial charge in [0.1, 0.15) is 22.9 Å². The van der Waals surface area contributed by atoms with Crippen molar-refractivity contribution in [2.24, 2.45) is 17.8 Å². The Morgan fingerprint density at radius 1 is 1.10 bits per heavy atom. The summed E-state index contributed by atoms with van der Waals surface area (Å²) in [5.74, 6) is 0.718. The van der Waals surface area contributed by atoms with Gasteiger partial charge in [0.25, 0.3) is 5.91 Å². The van der Waals surface area contributed by atoms with Gasteiger partial charge in [-0.15, -0.1) is 0 Å². The normalized spacial score (nSPS) is 16.7. The zero-order valence-corrected chi connectivity index (χ0v) is 23.9. The van der Waals surface area contributed by atoms with E-state index in [1.54, 1.807) is 12.4 Å². The average Bonchev–Trinajstić information content (AvgIpc) is 3.70. The number of nitrogens with one attached hydrogen (secondary N) is 1. The minimum Gasteiger partial charge on any atom is -0.493 e. The number of rotatable bonds is 12. The van der Waals surface area contributed by atoms with E-state index in [2.05, 4.69) is 44.2 Å². The van der Waals surface area contributed by atoms with Gasteiger partial charge in [0.15, 0.2) is 0 Å². The maximum Gasteiger partial charge on any atom is 0.257 e. The van der Waals surface area contributed by atoms with Gasteiger partial charge in [-0.2, -0.15) is 4.98 Å². The number of amides is 1. The second-order valence-corrected chi connectivity index (χ2v) is 11.7. The maximum absolute atomic E-state index is 14.5. The Morgan fingerprint density at radius 3 is 2.41 bits per heavy atom. The molecule has 41 heavy (non-hydrogen) atoms. The Labute approximate surface area is 239 Å². The molecule has 0 spiro atoms. The molecule has 5 rings (SSSR count). The van der Waals surface area contributed by atoms with Crippen molar-refractivity contribution >= 4 is 11.9 Å². The number of anilines is 1. The van der Waals surface area contributed by atoms with Crippen molar-refractivity contribution in [2.45, 2.75) is 71.8 Å². The van der Waals surface area contributed by atoms with E-state index >= 15 is 0 Å². The van der Waals surface area contributed by atoms with Crippen molar-refractivity contribution < 1.29 is 22.8 Å². The Balaban J connectivity index is 1.03. The van der Waals surface area contributed by atoms with Gasteiger partial charge in [0, 0.05) is 50.1 Å². The molecule has 1 aliphatic carbocycles. The molecular weight excluding hydrogens is 530 g/mol. The van der Waals surface area contributed by atoms with Crippen LogP contribution in [0.15, 0.2) is 29.0 Å². The van der Waals surface area contributed by atoms with Crippen molar-refractivity contribution in [1.82, 2.24) is 25.4 Å². The van der Waals surface area contributed by atoms with Crippen LogP contribution >= 0.6 is 0 Å². The molecule has 2 fully saturated rings. The van der Waals surface area contributed by atoms with Crippen LogP contribution in [-0.4, -0.2) is 51.8 Å². The molecule has 2 aromatic heterocycles. The van der Waals surface area contributed by atoms with Crippen molar-refractivity contribution in [3.05, 3.63) is 47.6 Å². The number of benzene rings is 1. The van der Waals surface area contributed by atoms with Gasteiger partial charge in [0.05, 0.1) is 12.2 Å². The lowest BCUT2D eigenvalue weighted by molar-refractivity contribution is 0.0927. The van der Waals surface area contributed by atoms with E-state index in [1.807, 2.05) is 6.92 Å². The molecule has 1 saturated carbocycles. The monoisotopic (exact) mass is 568 g/mol. The molecule has 1 unspecified atom stereocenters. The minimum absolute atomic E-state index is 0.0944. The molecule has 2 aliphatic rings. The molecule has 1 aliphatic heterocycles. The predicted molar refractivity (Wildman–Crippen MR) is 150 cm³/mol. The summed E-state index contributed by atoms with van der Waals surface area (Å²) in [5.41, 5.74) is 0.170. The van der Waals surface area contributed by atoms with Crippen LogP contribution in [0.2, 0.25) is 0 Å². The van der Waals surface area contributed by atoms with Crippen LogP contribution in [0, 0.1) is 29.4 Å². The first-order chi connectivity index (χ1) is 19.8. The van der Waals surface area contributed by atoms with Crippen LogP contribution in [0.5, 0.6) is 5.75 Å². The zero-order chi connectivity index (χ0) is 28.9. The molecule has 1 aromatic carbocycles. The molecule has 0 radical (unpaired) electrons. The lowest BCUT2D eigenvalue weighted by Gasteiger charge is -2.32. The van der Waals surface area contributed by atoms with Gasteiger partial charge in [-0.3, -0.25) is 4.79 Å². The Morgan fingerprint density at radius 2 is 1.78 bits per heavy atom. The Hall–Kier alpha value is -3.63. The number of piperidine rings is 1. The quantitative estimate of drug-likeness (QED) is 0.281. The third kappa shape index (κ3) is 7.56. The first-order valence-electron chi connectivity index (χ1n) is 14.6. The maximum atomic E-state index is 14.5. The van der Waals surface area contributed by atoms with E-state index in [9.17, 15) is 13.6 Å². The molecule has 1 N–H and O–H groups in total. The number of carbonyl (C=O) groups excluding carboxylic acids is 1. The number of hydrogen-bond acceptors (Lipinski definition) is 8. The highest BCUT2D eigenvalue weighted by Crippen LogP contribution is 2.33. The highest BCUT2D eigenvalue weighted by molar-refractivity contribution is 5.95. The molecule has 1 atom stereocenters. The van der Waals surface area contributed by atoms with Crippen LogP contribution in [0.25, 0.3) is 11.4 Å². The highest BCUT2D eigenvalue weighted by Gasteiger charge is 2.30. The van der Waals surface area contributed by atoms with Crippen LogP contribution in [-0.2, 0) is 6.42 Å². The summed E-state index contributed by atoms with van der Waals surface area (Å²) in [4.78, 5) is 28.0. The lowest BCUT2D eigenvalue weighted by Crippen LogP contribution is -2.35. The third-order valence-electron chi connectivity index (χ3n) is 7.80. The molecule has 220 valence electrons. The van der Waals surface area contributed by atoms with E-state index in [-0.39, 0.29) is 11.8 Å². The Kier molecular flexibility index (Phi) is 9.09. The van der Waals surface area contributed by atoms with Gasteiger partial charge in [0.2, 0.25) is 17.7 Å². The number of nitrogens with zero attached hydrogens (tertiary/aromatic N) is 5. The second-order valence-electron chi connectivity index (χ2n) is 11.7. The third-order valence-corrected chi connectivity index (χ3v) is 7.80. The fourth-order valence-electron chi connectivity index (χ4n) is 5.23. The highest BCUT2D eigenvalue weighted by atomic mass is 19.1. The van der Waals surface area contributed by atoms with Crippen LogP contribution < -0.4 is 15.0 Å². The summed E-state index contributed by atoms with van der Waals surface area (Å²) in [6.45, 7) is 8.12. The molecular formula is C30H38F2N6O3. The SMILES string of the molecule is CC(C)Cc1nc(-c2cnc(N3CCC(CCCOc4cc(F)c(C(=O)NC(C)C5CC5)c(F)c4)CC3)nc2)no1. The van der Waals surface area contributed by atoms with Gasteiger partial charge in [-0.1, -0.05) is 19.0 Å². The van der Waals surface area contributed by atoms with Crippen LogP contribution in [0.3, 0.4) is 0 Å². The van der Waals surface area contributed by atoms with Gasteiger partial charge in [-0.25, -0.2) is 18.7 Å². The largest absolute Gasteiger partial charge is 0.493 e. The number of ether oxygens (including phenoxy) is 1. The number of carbonyl (C=O) groups is 1. The van der Waals surface area contributed by atoms with E-state index in [0.29, 0.717) is 42.0 Å². The van der Waals surface area contributed by atoms with Gasteiger partial charge in [-0.05, 0) is 63.2 Å². The average molecular weight is 569 g/mol. The van der Waals surface area contributed by atoms with E-state index in [0.717, 1.165) is 75.7 Å². The molecule has 1 saturated heterocycles. The fourth-order valence-corrected chi connectivity index (χ4v) is 5.23. The summed E-state index contributed by atoms with van der Waals surface area (Å²) in [6.07, 6.45) is 9.98. The predicted octanol–water partition coefficient (Wildman–Crippen LogP) is 5.61. The molecule has 9 nitrogen and oxygen atoms in total. The van der Waals surface area contributed by atoms with Crippen molar-refractivity contribution in [3.8, 4) is 17.1 Å². The fraction of sp³-hybridized carbons (Fsp3) is 0.567. The molecule has 3 heterocycles. The molecule has 0 bridgehead atoms. The number of hydrogen-bond donors (Lipinski definition) is 1. The standard InChI is InChI=1S/C30H38F2N6O3/c1-18(2)13-26-36-28(37-41-26)22-16-33-30(34-17-22)38-10-8-20(9-11-38)5-4-12-40-23-14-24(31)27(25(32)15-23)29(39)35-19(3)21-6-7-21/h14-21H,4-13H2,1-3H3,(H,35,39). The summed E-state index contributed by atoms with van der Waals surface area (Å²) < 4.78 is 40.0. The molecule has 1 amide bonds. The molecule has 11 heteroatoms. The topological polar surface area (TPSA) is 106 Å². The smallest absolute Gasteiger partial charge is 0.257 e. The van der Waals surface area contributed by atoms with E-state index in [4.69, 9.17) is 9.26 Å². The second kappa shape index (κ2) is 12.9. The van der Waals surface area contributed by atoms with Crippen LogP contribution in [0.4, 0.5) is 14.7 Å². The summed E-state index contributed by atoms with van der Waals surface area (Å²) in [5, 5.41) is 6.74. The van der Waals surface area contributed by atoms with Crippen LogP contribution in [0.1, 0.15) is 75.5 Å². The first-order valence-corrected chi connectivity index (χ1v) is 14.6. The minimum atomic E-state index is -0.906. The zero-order valence-electron chi connectivity index (χ0n) is 23.9. The van der Waals surface area contributed by atoms with Gasteiger partial charge < -0.3 is 19.5 Å². The van der Waals surface area contributed by atoms with Crippen molar-refractivity contribution in [2.75, 3.05) is 24.6 Å². The lowest BCUT2D eigenvalue weighted by atomic mass is 9.92. The number of aromatic nitrogens is 4. The van der Waals surface area contributed by atoms with Crippen molar-refractivity contribution in [1.29, 1.82) is 0 Å². The summed E-state index contributed by atoms with van der Waals surface area (Å²) in [7, 11) is 0. The molecule has 3 aromatic rings.